The predicted octanol–water partition coefficient (Wildman–Crippen LogP) is 3.89. The molecule has 1 heterocycles. The maximum absolute atomic E-state index is 12.6. The van der Waals surface area contributed by atoms with Crippen molar-refractivity contribution < 1.29 is 13.2 Å². The molecule has 0 radical (unpaired) electrons. The fourth-order valence-electron chi connectivity index (χ4n) is 3.19. The van der Waals surface area contributed by atoms with E-state index in [1.54, 1.807) is 16.7 Å². The molecule has 0 spiro atoms. The van der Waals surface area contributed by atoms with Gasteiger partial charge in [-0.15, -0.1) is 11.8 Å². The van der Waals surface area contributed by atoms with Crippen LogP contribution in [0.15, 0.2) is 59.5 Å². The highest BCUT2D eigenvalue weighted by Crippen LogP contribution is 2.22. The van der Waals surface area contributed by atoms with Crippen LogP contribution in [0.2, 0.25) is 5.02 Å². The summed E-state index contributed by atoms with van der Waals surface area (Å²) >= 11 is 7.58. The van der Waals surface area contributed by atoms with Gasteiger partial charge in [0.25, 0.3) is 0 Å². The Kier molecular flexibility index (Phi) is 8.00. The van der Waals surface area contributed by atoms with E-state index in [1.165, 1.54) is 4.31 Å². The van der Waals surface area contributed by atoms with E-state index in [1.807, 2.05) is 54.6 Å². The molecule has 0 saturated carbocycles. The second-order valence-electron chi connectivity index (χ2n) is 6.93. The molecule has 8 heteroatoms. The smallest absolute Gasteiger partial charge is 0.222 e. The fourth-order valence-corrected chi connectivity index (χ4v) is 5.69. The number of piperazine rings is 1. The Balaban J connectivity index is 1.39. The molecule has 1 saturated heterocycles. The van der Waals surface area contributed by atoms with Crippen molar-refractivity contribution in [3.8, 4) is 0 Å². The summed E-state index contributed by atoms with van der Waals surface area (Å²) in [6.45, 7) is 1.63. The first kappa shape index (κ1) is 22.2. The van der Waals surface area contributed by atoms with E-state index < -0.39 is 10.0 Å². The molecule has 1 fully saturated rings. The second-order valence-corrected chi connectivity index (χ2v) is 10.5. The summed E-state index contributed by atoms with van der Waals surface area (Å²) in [5, 5.41) is 0.717. The third-order valence-corrected chi connectivity index (χ3v) is 7.99. The van der Waals surface area contributed by atoms with E-state index in [2.05, 4.69) is 0 Å². The van der Waals surface area contributed by atoms with Gasteiger partial charge in [-0.05, 0) is 42.0 Å². The molecule has 5 nitrogen and oxygen atoms in total. The van der Waals surface area contributed by atoms with Crippen LogP contribution in [0.1, 0.15) is 18.4 Å². The van der Waals surface area contributed by atoms with E-state index in [0.717, 1.165) is 27.7 Å². The van der Waals surface area contributed by atoms with Gasteiger partial charge in [-0.2, -0.15) is 4.31 Å². The van der Waals surface area contributed by atoms with E-state index in [0.29, 0.717) is 32.6 Å². The largest absolute Gasteiger partial charge is 0.340 e. The van der Waals surface area contributed by atoms with Crippen LogP contribution < -0.4 is 0 Å². The van der Waals surface area contributed by atoms with Crippen molar-refractivity contribution in [1.29, 1.82) is 0 Å². The van der Waals surface area contributed by atoms with E-state index in [4.69, 9.17) is 11.6 Å². The van der Waals surface area contributed by atoms with Crippen molar-refractivity contribution in [2.75, 3.05) is 31.9 Å². The highest BCUT2D eigenvalue weighted by atomic mass is 35.5. The Hall–Kier alpha value is -1.54. The van der Waals surface area contributed by atoms with Crippen molar-refractivity contribution in [3.63, 3.8) is 0 Å². The molecular formula is C21H25ClN2O3S2. The molecule has 2 aromatic carbocycles. The van der Waals surface area contributed by atoms with Crippen LogP contribution in [0.25, 0.3) is 0 Å². The second kappa shape index (κ2) is 10.5. The van der Waals surface area contributed by atoms with Crippen LogP contribution in [-0.4, -0.2) is 55.5 Å². The molecule has 3 rings (SSSR count). The highest BCUT2D eigenvalue weighted by molar-refractivity contribution is 7.99. The van der Waals surface area contributed by atoms with Crippen LogP contribution in [-0.2, 0) is 20.6 Å². The van der Waals surface area contributed by atoms with Crippen molar-refractivity contribution in [2.45, 2.75) is 23.5 Å². The normalized spacial score (nSPS) is 15.4. The zero-order chi connectivity index (χ0) is 20.7. The molecule has 0 N–H and O–H groups in total. The van der Waals surface area contributed by atoms with Gasteiger partial charge in [-0.3, -0.25) is 4.79 Å². The minimum atomic E-state index is -3.36. The fraction of sp³-hybridized carbons (Fsp3) is 0.381. The van der Waals surface area contributed by atoms with Gasteiger partial charge in [0.1, 0.15) is 0 Å². The number of sulfonamides is 1. The lowest BCUT2D eigenvalue weighted by Gasteiger charge is -2.34. The summed E-state index contributed by atoms with van der Waals surface area (Å²) in [6.07, 6.45) is 1.27. The minimum absolute atomic E-state index is 0.00368. The van der Waals surface area contributed by atoms with Gasteiger partial charge in [-0.25, -0.2) is 8.42 Å². The number of rotatable bonds is 8. The predicted molar refractivity (Wildman–Crippen MR) is 119 cm³/mol. The summed E-state index contributed by atoms with van der Waals surface area (Å²) < 4.78 is 26.7. The summed E-state index contributed by atoms with van der Waals surface area (Å²) in [5.74, 6) is 0.962. The number of carbonyl (C=O) groups is 1. The monoisotopic (exact) mass is 452 g/mol. The van der Waals surface area contributed by atoms with Gasteiger partial charge in [0.05, 0.1) is 5.75 Å². The molecule has 0 bridgehead atoms. The van der Waals surface area contributed by atoms with Gasteiger partial charge in [0.2, 0.25) is 15.9 Å². The van der Waals surface area contributed by atoms with Crippen LogP contribution in [0.3, 0.4) is 0 Å². The Morgan fingerprint density at radius 3 is 2.28 bits per heavy atom. The van der Waals surface area contributed by atoms with E-state index >= 15 is 0 Å². The minimum Gasteiger partial charge on any atom is -0.340 e. The van der Waals surface area contributed by atoms with Crippen LogP contribution in [0.4, 0.5) is 0 Å². The van der Waals surface area contributed by atoms with Gasteiger partial charge >= 0.3 is 0 Å². The number of amides is 1. The number of hydrogen-bond acceptors (Lipinski definition) is 4. The molecule has 156 valence electrons. The maximum atomic E-state index is 12.6. The SMILES string of the molecule is O=C(CCCSc1ccc(Cl)cc1)N1CCN(S(=O)(=O)Cc2ccccc2)CC1. The number of halogens is 1. The van der Waals surface area contributed by atoms with Crippen LogP contribution in [0.5, 0.6) is 0 Å². The first-order valence-corrected chi connectivity index (χ1v) is 12.6. The molecule has 0 atom stereocenters. The van der Waals surface area contributed by atoms with Gasteiger partial charge < -0.3 is 4.90 Å². The van der Waals surface area contributed by atoms with E-state index in [9.17, 15) is 13.2 Å². The molecule has 0 aromatic heterocycles. The summed E-state index contributed by atoms with van der Waals surface area (Å²) in [7, 11) is -3.36. The Bertz CT molecular complexity index is 897. The zero-order valence-electron chi connectivity index (χ0n) is 16.2. The van der Waals surface area contributed by atoms with Gasteiger partial charge in [-0.1, -0.05) is 41.9 Å². The third kappa shape index (κ3) is 6.74. The Morgan fingerprint density at radius 1 is 0.966 bits per heavy atom. The Morgan fingerprint density at radius 2 is 1.62 bits per heavy atom. The molecule has 0 aliphatic carbocycles. The van der Waals surface area contributed by atoms with Crippen LogP contribution >= 0.6 is 23.4 Å². The average molecular weight is 453 g/mol. The molecule has 29 heavy (non-hydrogen) atoms. The lowest BCUT2D eigenvalue weighted by atomic mass is 10.2. The first-order chi connectivity index (χ1) is 13.9. The quantitative estimate of drug-likeness (QED) is 0.450. The number of benzene rings is 2. The lowest BCUT2D eigenvalue weighted by Crippen LogP contribution is -2.50. The van der Waals surface area contributed by atoms with Crippen molar-refractivity contribution in [2.24, 2.45) is 0 Å². The van der Waals surface area contributed by atoms with Crippen molar-refractivity contribution >= 4 is 39.3 Å². The number of carbonyl (C=O) groups excluding carboxylic acids is 1. The Labute approximate surface area is 182 Å². The third-order valence-electron chi connectivity index (χ3n) is 4.79. The number of nitrogens with zero attached hydrogens (tertiary/aromatic N) is 2. The summed E-state index contributed by atoms with van der Waals surface area (Å²) in [4.78, 5) is 15.4. The van der Waals surface area contributed by atoms with Crippen molar-refractivity contribution in [3.05, 3.63) is 65.2 Å². The topological polar surface area (TPSA) is 57.7 Å². The van der Waals surface area contributed by atoms with E-state index in [-0.39, 0.29) is 11.7 Å². The molecular weight excluding hydrogens is 428 g/mol. The first-order valence-electron chi connectivity index (χ1n) is 9.62. The lowest BCUT2D eigenvalue weighted by molar-refractivity contribution is -0.132. The summed E-state index contributed by atoms with van der Waals surface area (Å²) in [5.41, 5.74) is 0.782. The molecule has 1 aliphatic heterocycles. The number of thioether (sulfide) groups is 1. The summed E-state index contributed by atoms with van der Waals surface area (Å²) in [6, 6.07) is 16.9. The van der Waals surface area contributed by atoms with Gasteiger partial charge in [0.15, 0.2) is 0 Å². The van der Waals surface area contributed by atoms with Crippen molar-refractivity contribution in [1.82, 2.24) is 9.21 Å². The molecule has 1 amide bonds. The standard InChI is InChI=1S/C21H25ClN2O3S2/c22-19-8-10-20(11-9-19)28-16-4-7-21(25)23-12-14-24(15-13-23)29(26,27)17-18-5-2-1-3-6-18/h1-3,5-6,8-11H,4,7,12-17H2. The van der Waals surface area contributed by atoms with Crippen LogP contribution in [0, 0.1) is 0 Å². The van der Waals surface area contributed by atoms with Gasteiger partial charge in [0, 0.05) is 42.5 Å². The maximum Gasteiger partial charge on any atom is 0.222 e. The molecule has 1 aliphatic rings. The molecule has 0 unspecified atom stereocenters. The molecule has 2 aromatic rings. The zero-order valence-corrected chi connectivity index (χ0v) is 18.6. The highest BCUT2D eigenvalue weighted by Gasteiger charge is 2.28. The number of hydrogen-bond donors (Lipinski definition) is 0. The average Bonchev–Trinajstić information content (AvgIpc) is 2.73.